The molecule has 0 saturated carbocycles. The topological polar surface area (TPSA) is 12.9 Å². The first kappa shape index (κ1) is 36.7. The summed E-state index contributed by atoms with van der Waals surface area (Å²) in [6, 6.07) is 74.8. The number of nitrogens with zero attached hydrogens (tertiary/aromatic N) is 1. The molecule has 0 amide bonds. The molecule has 1 aromatic heterocycles. The lowest BCUT2D eigenvalue weighted by Gasteiger charge is -2.19. The van der Waals surface area contributed by atoms with Crippen LogP contribution < -0.4 is 0 Å². The van der Waals surface area contributed by atoms with Crippen LogP contribution in [0.5, 0.6) is 0 Å². The predicted octanol–water partition coefficient (Wildman–Crippen LogP) is 16.5. The summed E-state index contributed by atoms with van der Waals surface area (Å²) < 4.78 is 1.19. The van der Waals surface area contributed by atoms with Gasteiger partial charge >= 0.3 is 0 Å². The van der Waals surface area contributed by atoms with Gasteiger partial charge in [-0.15, -0.1) is 11.3 Å². The lowest BCUT2D eigenvalue weighted by Crippen LogP contribution is -1.99. The molecular weight excluding hydrogens is 755 g/mol. The zero-order valence-electron chi connectivity index (χ0n) is 33.6. The quantitative estimate of drug-likeness (QED) is 0.146. The highest BCUT2D eigenvalue weighted by Gasteiger charge is 2.23. The first-order chi connectivity index (χ1) is 30.1. The molecule has 0 radical (unpaired) electrons. The number of hydrogen-bond acceptors (Lipinski definition) is 2. The van der Waals surface area contributed by atoms with Gasteiger partial charge in [0.1, 0.15) is 5.01 Å². The minimum Gasteiger partial charge on any atom is -0.236 e. The molecule has 288 valence electrons. The van der Waals surface area contributed by atoms with Crippen LogP contribution in [-0.4, -0.2) is 4.98 Å². The number of benzene rings is 9. The van der Waals surface area contributed by atoms with Gasteiger partial charge < -0.3 is 0 Å². The van der Waals surface area contributed by atoms with Gasteiger partial charge in [0.25, 0.3) is 0 Å². The molecule has 0 aliphatic heterocycles. The van der Waals surface area contributed by atoms with E-state index in [0.29, 0.717) is 0 Å². The van der Waals surface area contributed by atoms with Crippen LogP contribution in [0.25, 0.3) is 86.9 Å². The van der Waals surface area contributed by atoms with Crippen LogP contribution >= 0.6 is 11.3 Å². The van der Waals surface area contributed by atoms with Crippen LogP contribution in [0.15, 0.2) is 231 Å². The third-order valence-electron chi connectivity index (χ3n) is 12.2. The highest BCUT2D eigenvalue weighted by Crippen LogP contribution is 2.46. The van der Waals surface area contributed by atoms with E-state index >= 15 is 0 Å². The average Bonchev–Trinajstić information content (AvgIpc) is 3.68. The molecule has 0 saturated heterocycles. The van der Waals surface area contributed by atoms with Crippen molar-refractivity contribution in [3.8, 4) is 44.0 Å². The summed E-state index contributed by atoms with van der Waals surface area (Å²) in [7, 11) is 0. The van der Waals surface area contributed by atoms with Crippen molar-refractivity contribution in [1.82, 2.24) is 4.98 Å². The van der Waals surface area contributed by atoms with Crippen molar-refractivity contribution < 1.29 is 0 Å². The maximum atomic E-state index is 5.16. The second kappa shape index (κ2) is 15.7. The molecular formula is C59H41NS. The third kappa shape index (κ3) is 7.01. The summed E-state index contributed by atoms with van der Waals surface area (Å²) >= 11 is 1.75. The van der Waals surface area contributed by atoms with Crippen molar-refractivity contribution in [3.05, 3.63) is 247 Å². The molecule has 0 N–H and O–H groups in total. The van der Waals surface area contributed by atoms with Crippen molar-refractivity contribution in [1.29, 1.82) is 0 Å². The third-order valence-corrected chi connectivity index (χ3v) is 13.2. The fraction of sp³-hybridized carbons (Fsp3) is 0.0339. The summed E-state index contributed by atoms with van der Waals surface area (Å²) in [6.07, 6.45) is 5.65. The summed E-state index contributed by atoms with van der Waals surface area (Å²) in [6.45, 7) is 4.70. The number of allylic oxidation sites excluding steroid dienone is 5. The Morgan fingerprint density at radius 2 is 1.13 bits per heavy atom. The zero-order valence-corrected chi connectivity index (χ0v) is 34.4. The van der Waals surface area contributed by atoms with Crippen molar-refractivity contribution >= 4 is 54.2 Å². The van der Waals surface area contributed by atoms with Crippen LogP contribution in [0.3, 0.4) is 0 Å². The van der Waals surface area contributed by atoms with Gasteiger partial charge in [-0.25, -0.2) is 4.98 Å². The molecule has 0 fully saturated rings. The molecule has 1 atom stereocenters. The number of hydrogen-bond donors (Lipinski definition) is 0. The second-order valence-electron chi connectivity index (χ2n) is 16.0. The fourth-order valence-electron chi connectivity index (χ4n) is 9.11. The smallest absolute Gasteiger partial charge is 0.124 e. The number of rotatable bonds is 7. The normalized spacial score (nSPS) is 14.2. The molecule has 1 unspecified atom stereocenters. The second-order valence-corrected chi connectivity index (χ2v) is 17.0. The van der Waals surface area contributed by atoms with E-state index in [0.717, 1.165) is 33.6 Å². The molecule has 10 aromatic rings. The van der Waals surface area contributed by atoms with E-state index in [4.69, 9.17) is 11.6 Å². The van der Waals surface area contributed by atoms with Gasteiger partial charge in [-0.1, -0.05) is 206 Å². The van der Waals surface area contributed by atoms with Crippen molar-refractivity contribution in [2.75, 3.05) is 0 Å². The van der Waals surface area contributed by atoms with Crippen LogP contribution in [0.4, 0.5) is 0 Å². The maximum absolute atomic E-state index is 5.16. The lowest BCUT2D eigenvalue weighted by atomic mass is 9.84. The van der Waals surface area contributed by atoms with E-state index in [2.05, 4.69) is 218 Å². The zero-order chi connectivity index (χ0) is 40.7. The standard InChI is InChI=1S/C59H41NS/c1-39-33-49(40-15-4-2-5-16-40)36-50(37-55(39)42-18-6-3-7-19-42)51-24-12-13-26-54(51)58-52-25-11-10-20-43(52)29-31-53(58)47-23-14-22-45(34-47)46-30-32-57-56(38-46)60-59(61-57)48-28-27-41-17-8-9-21-44(41)35-48/h2-32,34-38,55H,1,33H2. The number of aromatic nitrogens is 1. The molecule has 1 nitrogen and oxygen atoms in total. The summed E-state index contributed by atoms with van der Waals surface area (Å²) in [5.41, 5.74) is 16.7. The largest absolute Gasteiger partial charge is 0.236 e. The first-order valence-electron chi connectivity index (χ1n) is 21.0. The van der Waals surface area contributed by atoms with Gasteiger partial charge in [-0.05, 0) is 113 Å². The van der Waals surface area contributed by atoms with Gasteiger partial charge in [0.2, 0.25) is 0 Å². The van der Waals surface area contributed by atoms with Crippen LogP contribution in [-0.2, 0) is 0 Å². The Bertz CT molecular complexity index is 3350. The fourth-order valence-corrected chi connectivity index (χ4v) is 10.1. The van der Waals surface area contributed by atoms with Gasteiger partial charge in [0.15, 0.2) is 0 Å². The molecule has 1 aliphatic carbocycles. The Morgan fingerprint density at radius 1 is 0.475 bits per heavy atom. The van der Waals surface area contributed by atoms with Crippen LogP contribution in [0, 0.1) is 0 Å². The molecule has 61 heavy (non-hydrogen) atoms. The highest BCUT2D eigenvalue weighted by atomic mass is 32.1. The van der Waals surface area contributed by atoms with Crippen molar-refractivity contribution in [3.63, 3.8) is 0 Å². The Morgan fingerprint density at radius 3 is 1.98 bits per heavy atom. The Labute approximate surface area is 361 Å². The maximum Gasteiger partial charge on any atom is 0.124 e. The molecule has 1 heterocycles. The van der Waals surface area contributed by atoms with E-state index in [-0.39, 0.29) is 5.92 Å². The van der Waals surface area contributed by atoms with E-state index < -0.39 is 0 Å². The van der Waals surface area contributed by atoms with Gasteiger partial charge in [-0.3, -0.25) is 0 Å². The SMILES string of the molecule is C=C1CC(c2ccccc2)=CC(c2ccccc2-c2c(-c3cccc(-c4ccc5sc(-c6ccc7ccccc7c6)nc5c4)c3)ccc3ccccc23)=CC1c1ccccc1. The molecule has 0 spiro atoms. The summed E-state index contributed by atoms with van der Waals surface area (Å²) in [4.78, 5) is 5.16. The van der Waals surface area contributed by atoms with Gasteiger partial charge in [0.05, 0.1) is 10.2 Å². The molecule has 0 bridgehead atoms. The van der Waals surface area contributed by atoms with E-state index in [1.807, 2.05) is 0 Å². The van der Waals surface area contributed by atoms with Crippen LogP contribution in [0.2, 0.25) is 0 Å². The monoisotopic (exact) mass is 795 g/mol. The predicted molar refractivity (Wildman–Crippen MR) is 262 cm³/mol. The number of thiazole rings is 1. The first-order valence-corrected chi connectivity index (χ1v) is 21.8. The van der Waals surface area contributed by atoms with Crippen molar-refractivity contribution in [2.24, 2.45) is 0 Å². The number of fused-ring (bicyclic) bond motifs is 3. The van der Waals surface area contributed by atoms with Gasteiger partial charge in [-0.2, -0.15) is 0 Å². The molecule has 1 aliphatic rings. The van der Waals surface area contributed by atoms with Crippen LogP contribution in [0.1, 0.15) is 29.0 Å². The lowest BCUT2D eigenvalue weighted by molar-refractivity contribution is 0.966. The van der Waals surface area contributed by atoms with Gasteiger partial charge in [0, 0.05) is 11.5 Å². The average molecular weight is 796 g/mol. The van der Waals surface area contributed by atoms with E-state index in [9.17, 15) is 0 Å². The van der Waals surface area contributed by atoms with E-state index in [1.165, 1.54) is 81.9 Å². The Kier molecular flexibility index (Phi) is 9.41. The minimum absolute atomic E-state index is 0.0732. The minimum atomic E-state index is 0.0732. The summed E-state index contributed by atoms with van der Waals surface area (Å²) in [5.74, 6) is 0.0732. The Balaban J connectivity index is 1.04. The Hall–Kier alpha value is -7.39. The molecule has 11 rings (SSSR count). The van der Waals surface area contributed by atoms with E-state index in [1.54, 1.807) is 11.3 Å². The molecule has 9 aromatic carbocycles. The summed E-state index contributed by atoms with van der Waals surface area (Å²) in [5, 5.41) is 5.96. The highest BCUT2D eigenvalue weighted by molar-refractivity contribution is 7.21. The molecule has 2 heteroatoms. The van der Waals surface area contributed by atoms with Crippen molar-refractivity contribution in [2.45, 2.75) is 12.3 Å².